The summed E-state index contributed by atoms with van der Waals surface area (Å²) in [5.41, 5.74) is 0.367. The third-order valence-electron chi connectivity index (χ3n) is 3.19. The number of hydrogen-bond donors (Lipinski definition) is 1. The Morgan fingerprint density at radius 2 is 2.24 bits per heavy atom. The first-order chi connectivity index (χ1) is 7.96. The highest BCUT2D eigenvalue weighted by atomic mass is 79.9. The van der Waals surface area contributed by atoms with Crippen LogP contribution in [0, 0.1) is 5.41 Å². The van der Waals surface area contributed by atoms with Crippen LogP contribution in [-0.2, 0) is 6.42 Å². The third kappa shape index (κ3) is 4.55. The zero-order valence-corrected chi connectivity index (χ0v) is 13.5. The molecule has 1 fully saturated rings. The standard InChI is InChI=1S/C13H19BrClNS/c1-13(2,8-16-9-3-4-9)6-5-10-7-11(15)12(14)17-10/h7,9,16H,3-6,8H2,1-2H3. The normalized spacial score (nSPS) is 16.5. The molecule has 1 N–H and O–H groups in total. The molecule has 0 amide bonds. The Kier molecular flexibility index (Phi) is 4.56. The molecule has 0 spiro atoms. The first-order valence-electron chi connectivity index (χ1n) is 6.13. The van der Waals surface area contributed by atoms with Crippen molar-refractivity contribution in [2.45, 2.75) is 45.6 Å². The summed E-state index contributed by atoms with van der Waals surface area (Å²) in [4.78, 5) is 1.38. The Morgan fingerprint density at radius 3 is 2.76 bits per heavy atom. The molecule has 1 aliphatic carbocycles. The summed E-state index contributed by atoms with van der Waals surface area (Å²) in [6, 6.07) is 2.89. The topological polar surface area (TPSA) is 12.0 Å². The number of aryl methyl sites for hydroxylation is 1. The van der Waals surface area contributed by atoms with Crippen molar-refractivity contribution in [3.63, 3.8) is 0 Å². The van der Waals surface area contributed by atoms with Crippen LogP contribution in [-0.4, -0.2) is 12.6 Å². The molecule has 0 unspecified atom stereocenters. The summed E-state index contributed by atoms with van der Waals surface area (Å²) in [6.07, 6.45) is 5.05. The Hall–Kier alpha value is 0.430. The summed E-state index contributed by atoms with van der Waals surface area (Å²) >= 11 is 11.3. The predicted octanol–water partition coefficient (Wildman–Crippen LogP) is 4.87. The van der Waals surface area contributed by atoms with E-state index in [0.29, 0.717) is 5.41 Å². The van der Waals surface area contributed by atoms with Gasteiger partial charge in [0.1, 0.15) is 0 Å². The summed E-state index contributed by atoms with van der Waals surface area (Å²) in [6.45, 7) is 5.80. The lowest BCUT2D eigenvalue weighted by Crippen LogP contribution is -2.31. The van der Waals surface area contributed by atoms with Crippen molar-refractivity contribution in [2.75, 3.05) is 6.54 Å². The second kappa shape index (κ2) is 5.60. The predicted molar refractivity (Wildman–Crippen MR) is 80.2 cm³/mol. The summed E-state index contributed by atoms with van der Waals surface area (Å²) < 4.78 is 1.06. The average Bonchev–Trinajstić information content (AvgIpc) is 3.02. The number of nitrogens with one attached hydrogen (secondary N) is 1. The fourth-order valence-corrected chi connectivity index (χ4v) is 3.59. The first-order valence-corrected chi connectivity index (χ1v) is 8.12. The molecule has 1 aliphatic rings. The van der Waals surface area contributed by atoms with Gasteiger partial charge in [0.05, 0.1) is 8.81 Å². The van der Waals surface area contributed by atoms with E-state index in [1.54, 1.807) is 11.3 Å². The molecule has 1 aromatic heterocycles. The molecule has 0 bridgehead atoms. The van der Waals surface area contributed by atoms with Gasteiger partial charge in [-0.1, -0.05) is 25.4 Å². The van der Waals surface area contributed by atoms with Crippen molar-refractivity contribution in [3.8, 4) is 0 Å². The first kappa shape index (κ1) is 13.9. The lowest BCUT2D eigenvalue weighted by Gasteiger charge is -2.24. The van der Waals surface area contributed by atoms with E-state index in [9.17, 15) is 0 Å². The highest BCUT2D eigenvalue weighted by molar-refractivity contribution is 9.11. The van der Waals surface area contributed by atoms with Gasteiger partial charge in [-0.3, -0.25) is 0 Å². The molecule has 0 atom stereocenters. The van der Waals surface area contributed by atoms with Gasteiger partial charge < -0.3 is 5.32 Å². The van der Waals surface area contributed by atoms with Gasteiger partial charge >= 0.3 is 0 Å². The maximum atomic E-state index is 6.04. The molecule has 17 heavy (non-hydrogen) atoms. The Balaban J connectivity index is 1.78. The van der Waals surface area contributed by atoms with Crippen LogP contribution in [0.15, 0.2) is 9.85 Å². The van der Waals surface area contributed by atoms with Crippen molar-refractivity contribution in [2.24, 2.45) is 5.41 Å². The van der Waals surface area contributed by atoms with Crippen LogP contribution in [0.1, 0.15) is 38.0 Å². The monoisotopic (exact) mass is 335 g/mol. The summed E-state index contributed by atoms with van der Waals surface area (Å²) in [7, 11) is 0. The van der Waals surface area contributed by atoms with Gasteiger partial charge in [0.25, 0.3) is 0 Å². The van der Waals surface area contributed by atoms with Crippen LogP contribution in [0.5, 0.6) is 0 Å². The Labute approximate surface area is 121 Å². The van der Waals surface area contributed by atoms with Crippen molar-refractivity contribution < 1.29 is 0 Å². The van der Waals surface area contributed by atoms with E-state index in [0.717, 1.165) is 27.8 Å². The molecule has 4 heteroatoms. The minimum absolute atomic E-state index is 0.367. The lowest BCUT2D eigenvalue weighted by atomic mass is 9.87. The van der Waals surface area contributed by atoms with Gasteiger partial charge in [-0.2, -0.15) is 0 Å². The summed E-state index contributed by atoms with van der Waals surface area (Å²) in [5, 5.41) is 4.46. The molecule has 2 rings (SSSR count). The maximum absolute atomic E-state index is 6.04. The van der Waals surface area contributed by atoms with Crippen LogP contribution in [0.25, 0.3) is 0 Å². The quantitative estimate of drug-likeness (QED) is 0.781. The largest absolute Gasteiger partial charge is 0.313 e. The highest BCUT2D eigenvalue weighted by Gasteiger charge is 2.25. The van der Waals surface area contributed by atoms with E-state index in [-0.39, 0.29) is 0 Å². The molecular weight excluding hydrogens is 318 g/mol. The maximum Gasteiger partial charge on any atom is 0.0887 e. The number of rotatable bonds is 6. The van der Waals surface area contributed by atoms with E-state index < -0.39 is 0 Å². The van der Waals surface area contributed by atoms with Gasteiger partial charge in [-0.25, -0.2) is 0 Å². The van der Waals surface area contributed by atoms with Crippen molar-refractivity contribution in [1.82, 2.24) is 5.32 Å². The van der Waals surface area contributed by atoms with Crippen molar-refractivity contribution in [3.05, 3.63) is 19.8 Å². The van der Waals surface area contributed by atoms with E-state index in [1.807, 2.05) is 0 Å². The molecule has 0 radical (unpaired) electrons. The van der Waals surface area contributed by atoms with Crippen LogP contribution in [0.3, 0.4) is 0 Å². The molecule has 0 saturated heterocycles. The SMILES string of the molecule is CC(C)(CCc1cc(Cl)c(Br)s1)CNC1CC1. The fraction of sp³-hybridized carbons (Fsp3) is 0.692. The fourth-order valence-electron chi connectivity index (χ4n) is 1.77. The second-order valence-corrected chi connectivity index (χ2v) is 8.52. The van der Waals surface area contributed by atoms with E-state index in [4.69, 9.17) is 11.6 Å². The zero-order valence-electron chi connectivity index (χ0n) is 10.4. The minimum Gasteiger partial charge on any atom is -0.313 e. The van der Waals surface area contributed by atoms with Crippen LogP contribution < -0.4 is 5.32 Å². The average molecular weight is 337 g/mol. The molecule has 96 valence electrons. The highest BCUT2D eigenvalue weighted by Crippen LogP contribution is 2.34. The van der Waals surface area contributed by atoms with Crippen LogP contribution in [0.2, 0.25) is 5.02 Å². The lowest BCUT2D eigenvalue weighted by molar-refractivity contribution is 0.314. The molecule has 0 aromatic carbocycles. The molecule has 1 nitrogen and oxygen atoms in total. The second-order valence-electron chi connectivity index (χ2n) is 5.65. The van der Waals surface area contributed by atoms with E-state index in [2.05, 4.69) is 41.2 Å². The van der Waals surface area contributed by atoms with E-state index in [1.165, 1.54) is 24.1 Å². The van der Waals surface area contributed by atoms with Crippen LogP contribution in [0.4, 0.5) is 0 Å². The smallest absolute Gasteiger partial charge is 0.0887 e. The van der Waals surface area contributed by atoms with Crippen LogP contribution >= 0.6 is 38.9 Å². The minimum atomic E-state index is 0.367. The Morgan fingerprint density at radius 1 is 1.53 bits per heavy atom. The Bertz CT molecular complexity index is 365. The zero-order chi connectivity index (χ0) is 12.5. The molecule has 1 heterocycles. The molecule has 1 saturated carbocycles. The van der Waals surface area contributed by atoms with E-state index >= 15 is 0 Å². The number of halogens is 2. The number of thiophene rings is 1. The summed E-state index contributed by atoms with van der Waals surface area (Å²) in [5.74, 6) is 0. The van der Waals surface area contributed by atoms with Crippen molar-refractivity contribution in [1.29, 1.82) is 0 Å². The van der Waals surface area contributed by atoms with Gasteiger partial charge in [0, 0.05) is 17.5 Å². The molecule has 1 aromatic rings. The van der Waals surface area contributed by atoms with Crippen molar-refractivity contribution >= 4 is 38.9 Å². The van der Waals surface area contributed by atoms with Gasteiger partial charge in [0.2, 0.25) is 0 Å². The van der Waals surface area contributed by atoms with Gasteiger partial charge in [-0.15, -0.1) is 11.3 Å². The molecular formula is C13H19BrClNS. The van der Waals surface area contributed by atoms with Gasteiger partial charge in [-0.05, 0) is 53.1 Å². The third-order valence-corrected chi connectivity index (χ3v) is 5.73. The van der Waals surface area contributed by atoms with Gasteiger partial charge in [0.15, 0.2) is 0 Å². The number of hydrogen-bond acceptors (Lipinski definition) is 2. The molecule has 0 aliphatic heterocycles.